The van der Waals surface area contributed by atoms with Crippen LogP contribution >= 0.6 is 0 Å². The van der Waals surface area contributed by atoms with E-state index in [1.54, 1.807) is 20.0 Å². The van der Waals surface area contributed by atoms with Crippen molar-refractivity contribution in [1.82, 2.24) is 9.88 Å². The summed E-state index contributed by atoms with van der Waals surface area (Å²) in [6, 6.07) is 3.71. The van der Waals surface area contributed by atoms with Gasteiger partial charge in [-0.05, 0) is 13.0 Å². The van der Waals surface area contributed by atoms with Crippen molar-refractivity contribution < 1.29 is 9.90 Å². The van der Waals surface area contributed by atoms with Gasteiger partial charge in [0.15, 0.2) is 0 Å². The van der Waals surface area contributed by atoms with E-state index in [2.05, 4.69) is 22.9 Å². The SMILES string of the molecule is CC(C#N)CN(C)C(=O)c1ccncc1C#CCCO. The fraction of sp³-hybridized carbons (Fsp3) is 0.400. The summed E-state index contributed by atoms with van der Waals surface area (Å²) in [5.74, 6) is 5.19. The number of hydrogen-bond acceptors (Lipinski definition) is 4. The van der Waals surface area contributed by atoms with Crippen LogP contribution in [0.5, 0.6) is 0 Å². The zero-order valence-electron chi connectivity index (χ0n) is 11.6. The monoisotopic (exact) mass is 271 g/mol. The van der Waals surface area contributed by atoms with E-state index in [0.29, 0.717) is 24.1 Å². The molecule has 0 fully saturated rings. The molecule has 1 aromatic rings. The van der Waals surface area contributed by atoms with E-state index in [9.17, 15) is 4.79 Å². The van der Waals surface area contributed by atoms with E-state index >= 15 is 0 Å². The third-order valence-electron chi connectivity index (χ3n) is 2.63. The molecule has 0 radical (unpaired) electrons. The van der Waals surface area contributed by atoms with Crippen LogP contribution in [0.2, 0.25) is 0 Å². The van der Waals surface area contributed by atoms with E-state index in [1.165, 1.54) is 17.3 Å². The number of carbonyl (C=O) groups is 1. The zero-order chi connectivity index (χ0) is 15.0. The molecule has 1 aromatic heterocycles. The number of aliphatic hydroxyl groups excluding tert-OH is 1. The Morgan fingerprint density at radius 3 is 3.00 bits per heavy atom. The summed E-state index contributed by atoms with van der Waals surface area (Å²) in [6.07, 6.45) is 3.41. The van der Waals surface area contributed by atoms with Gasteiger partial charge in [0.1, 0.15) is 0 Å². The fourth-order valence-electron chi connectivity index (χ4n) is 1.63. The van der Waals surface area contributed by atoms with Crippen LogP contribution in [0.3, 0.4) is 0 Å². The second-order valence-corrected chi connectivity index (χ2v) is 4.41. The van der Waals surface area contributed by atoms with Gasteiger partial charge in [-0.1, -0.05) is 11.8 Å². The standard InChI is InChI=1S/C15H17N3O2/c1-12(9-16)11-18(2)15(20)14-6-7-17-10-13(14)5-3-4-8-19/h6-7,10,12,19H,4,8,11H2,1-2H3. The Labute approximate surface area is 118 Å². The highest BCUT2D eigenvalue weighted by Crippen LogP contribution is 2.10. The van der Waals surface area contributed by atoms with E-state index in [0.717, 1.165) is 0 Å². The van der Waals surface area contributed by atoms with Crippen LogP contribution < -0.4 is 0 Å². The van der Waals surface area contributed by atoms with Gasteiger partial charge in [-0.25, -0.2) is 0 Å². The quantitative estimate of drug-likeness (QED) is 0.830. The van der Waals surface area contributed by atoms with Gasteiger partial charge < -0.3 is 10.0 Å². The number of amides is 1. The van der Waals surface area contributed by atoms with E-state index < -0.39 is 0 Å². The maximum atomic E-state index is 12.3. The number of hydrogen-bond donors (Lipinski definition) is 1. The molecule has 0 aromatic carbocycles. The topological polar surface area (TPSA) is 77.2 Å². The molecule has 1 N–H and O–H groups in total. The van der Waals surface area contributed by atoms with Crippen molar-refractivity contribution in [2.75, 3.05) is 20.2 Å². The molecule has 0 spiro atoms. The minimum atomic E-state index is -0.227. The Morgan fingerprint density at radius 2 is 2.35 bits per heavy atom. The van der Waals surface area contributed by atoms with Crippen LogP contribution in [-0.2, 0) is 0 Å². The molecule has 5 nitrogen and oxygen atoms in total. The van der Waals surface area contributed by atoms with Gasteiger partial charge in [0.05, 0.1) is 29.7 Å². The van der Waals surface area contributed by atoms with Gasteiger partial charge in [-0.3, -0.25) is 9.78 Å². The molecule has 104 valence electrons. The molecular weight excluding hydrogens is 254 g/mol. The molecule has 0 aliphatic rings. The largest absolute Gasteiger partial charge is 0.395 e. The highest BCUT2D eigenvalue weighted by Gasteiger charge is 2.16. The highest BCUT2D eigenvalue weighted by molar-refractivity contribution is 5.96. The first-order chi connectivity index (χ1) is 9.60. The van der Waals surface area contributed by atoms with Crippen molar-refractivity contribution in [3.05, 3.63) is 29.6 Å². The smallest absolute Gasteiger partial charge is 0.255 e. The lowest BCUT2D eigenvalue weighted by atomic mass is 10.1. The van der Waals surface area contributed by atoms with E-state index in [-0.39, 0.29) is 18.4 Å². The number of carbonyl (C=O) groups excluding carboxylic acids is 1. The van der Waals surface area contributed by atoms with Crippen molar-refractivity contribution in [2.24, 2.45) is 5.92 Å². The molecule has 0 aliphatic heterocycles. The first-order valence-electron chi connectivity index (χ1n) is 6.29. The van der Waals surface area contributed by atoms with Crippen molar-refractivity contribution in [3.8, 4) is 17.9 Å². The summed E-state index contributed by atoms with van der Waals surface area (Å²) in [5.41, 5.74) is 0.987. The molecule has 20 heavy (non-hydrogen) atoms. The van der Waals surface area contributed by atoms with Gasteiger partial charge >= 0.3 is 0 Å². The number of nitrogens with zero attached hydrogens (tertiary/aromatic N) is 3. The normalized spacial score (nSPS) is 10.9. The summed E-state index contributed by atoms with van der Waals surface area (Å²) in [4.78, 5) is 17.8. The molecule has 1 rings (SSSR count). The van der Waals surface area contributed by atoms with Crippen LogP contribution in [0.4, 0.5) is 0 Å². The summed E-state index contributed by atoms with van der Waals surface area (Å²) in [5, 5.41) is 17.5. The molecule has 1 heterocycles. The summed E-state index contributed by atoms with van der Waals surface area (Å²) >= 11 is 0. The average molecular weight is 271 g/mol. The second-order valence-electron chi connectivity index (χ2n) is 4.41. The maximum Gasteiger partial charge on any atom is 0.255 e. The molecule has 1 amide bonds. The van der Waals surface area contributed by atoms with Crippen molar-refractivity contribution >= 4 is 5.91 Å². The number of aromatic nitrogens is 1. The molecule has 1 unspecified atom stereocenters. The van der Waals surface area contributed by atoms with Crippen LogP contribution in [0.15, 0.2) is 18.5 Å². The molecule has 1 atom stereocenters. The van der Waals surface area contributed by atoms with Crippen molar-refractivity contribution in [1.29, 1.82) is 5.26 Å². The molecular formula is C15H17N3O2. The number of pyridine rings is 1. The van der Waals surface area contributed by atoms with E-state index in [4.69, 9.17) is 10.4 Å². The lowest BCUT2D eigenvalue weighted by Crippen LogP contribution is -2.31. The highest BCUT2D eigenvalue weighted by atomic mass is 16.2. The van der Waals surface area contributed by atoms with Crippen molar-refractivity contribution in [3.63, 3.8) is 0 Å². The van der Waals surface area contributed by atoms with Gasteiger partial charge in [0.2, 0.25) is 0 Å². The fourth-order valence-corrected chi connectivity index (χ4v) is 1.63. The average Bonchev–Trinajstić information content (AvgIpc) is 2.47. The summed E-state index contributed by atoms with van der Waals surface area (Å²) in [7, 11) is 1.65. The van der Waals surface area contributed by atoms with Crippen LogP contribution in [0, 0.1) is 29.1 Å². The minimum absolute atomic E-state index is 0.0177. The van der Waals surface area contributed by atoms with Crippen LogP contribution in [0.25, 0.3) is 0 Å². The zero-order valence-corrected chi connectivity index (χ0v) is 11.6. The third-order valence-corrected chi connectivity index (χ3v) is 2.63. The molecule has 0 saturated heterocycles. The minimum Gasteiger partial charge on any atom is -0.395 e. The molecule has 0 aliphatic carbocycles. The third kappa shape index (κ3) is 4.38. The van der Waals surface area contributed by atoms with Crippen molar-refractivity contribution in [2.45, 2.75) is 13.3 Å². The van der Waals surface area contributed by atoms with Gasteiger partial charge in [-0.15, -0.1) is 0 Å². The predicted octanol–water partition coefficient (Wildman–Crippen LogP) is 1.05. The lowest BCUT2D eigenvalue weighted by molar-refractivity contribution is 0.0784. The Kier molecular flexibility index (Phi) is 6.22. The Balaban J connectivity index is 2.94. The van der Waals surface area contributed by atoms with Crippen LogP contribution in [-0.4, -0.2) is 41.1 Å². The first-order valence-corrected chi connectivity index (χ1v) is 6.29. The van der Waals surface area contributed by atoms with Gasteiger partial charge in [0, 0.05) is 32.4 Å². The number of aliphatic hydroxyl groups is 1. The molecule has 5 heteroatoms. The van der Waals surface area contributed by atoms with E-state index in [1.807, 2.05) is 0 Å². The number of rotatable bonds is 4. The number of nitriles is 1. The maximum absolute atomic E-state index is 12.3. The Hall–Kier alpha value is -2.37. The Morgan fingerprint density at radius 1 is 1.60 bits per heavy atom. The first kappa shape index (κ1) is 15.7. The Bertz CT molecular complexity index is 566. The summed E-state index contributed by atoms with van der Waals surface area (Å²) in [6.45, 7) is 2.11. The van der Waals surface area contributed by atoms with Gasteiger partial charge in [0.25, 0.3) is 5.91 Å². The predicted molar refractivity (Wildman–Crippen MR) is 74.6 cm³/mol. The van der Waals surface area contributed by atoms with Crippen LogP contribution in [0.1, 0.15) is 29.3 Å². The van der Waals surface area contributed by atoms with Gasteiger partial charge in [-0.2, -0.15) is 5.26 Å². The molecule has 0 saturated carbocycles. The summed E-state index contributed by atoms with van der Waals surface area (Å²) < 4.78 is 0. The second kappa shape index (κ2) is 7.93. The lowest BCUT2D eigenvalue weighted by Gasteiger charge is -2.18. The molecule has 0 bridgehead atoms.